The summed E-state index contributed by atoms with van der Waals surface area (Å²) >= 11 is 0. The first-order valence-electron chi connectivity index (χ1n) is 6.44. The van der Waals surface area contributed by atoms with E-state index in [9.17, 15) is 0 Å². The Morgan fingerprint density at radius 1 is 1.29 bits per heavy atom. The summed E-state index contributed by atoms with van der Waals surface area (Å²) in [5.74, 6) is 1.46. The summed E-state index contributed by atoms with van der Waals surface area (Å²) in [5.41, 5.74) is 7.80. The normalized spacial score (nSPS) is 15.6. The van der Waals surface area contributed by atoms with E-state index in [2.05, 4.69) is 24.8 Å². The molecule has 0 unspecified atom stereocenters. The van der Waals surface area contributed by atoms with Crippen LogP contribution in [0.5, 0.6) is 5.75 Å². The van der Waals surface area contributed by atoms with Gasteiger partial charge in [-0.15, -0.1) is 0 Å². The van der Waals surface area contributed by atoms with E-state index in [1.54, 1.807) is 0 Å². The Morgan fingerprint density at radius 2 is 2.00 bits per heavy atom. The molecule has 0 aromatic heterocycles. The van der Waals surface area contributed by atoms with Crippen molar-refractivity contribution in [3.63, 3.8) is 0 Å². The highest BCUT2D eigenvalue weighted by Crippen LogP contribution is 2.33. The van der Waals surface area contributed by atoms with Crippen molar-refractivity contribution >= 4 is 11.4 Å². The first kappa shape index (κ1) is 12.1. The SMILES string of the molecule is CC(C)COc1cc(N)ccc1N1CCCC1. The molecule has 94 valence electrons. The molecule has 1 heterocycles. The zero-order valence-corrected chi connectivity index (χ0v) is 10.8. The van der Waals surface area contributed by atoms with Crippen LogP contribution in [0.4, 0.5) is 11.4 Å². The zero-order valence-electron chi connectivity index (χ0n) is 10.8. The molecule has 1 aliphatic heterocycles. The van der Waals surface area contributed by atoms with Crippen LogP contribution in [0.15, 0.2) is 18.2 Å². The molecule has 0 bridgehead atoms. The van der Waals surface area contributed by atoms with E-state index in [1.165, 1.54) is 18.5 Å². The van der Waals surface area contributed by atoms with Gasteiger partial charge in [-0.3, -0.25) is 0 Å². The summed E-state index contributed by atoms with van der Waals surface area (Å²) < 4.78 is 5.87. The fraction of sp³-hybridized carbons (Fsp3) is 0.571. The van der Waals surface area contributed by atoms with Crippen LogP contribution in [-0.4, -0.2) is 19.7 Å². The van der Waals surface area contributed by atoms with Gasteiger partial charge < -0.3 is 15.4 Å². The van der Waals surface area contributed by atoms with E-state index in [4.69, 9.17) is 10.5 Å². The van der Waals surface area contributed by atoms with Crippen LogP contribution in [0, 0.1) is 5.92 Å². The smallest absolute Gasteiger partial charge is 0.144 e. The van der Waals surface area contributed by atoms with Gasteiger partial charge in [-0.05, 0) is 30.9 Å². The second kappa shape index (κ2) is 5.30. The third-order valence-corrected chi connectivity index (χ3v) is 3.00. The van der Waals surface area contributed by atoms with Crippen molar-refractivity contribution in [1.82, 2.24) is 0 Å². The Morgan fingerprint density at radius 3 is 2.65 bits per heavy atom. The fourth-order valence-electron chi connectivity index (χ4n) is 2.12. The Kier molecular flexibility index (Phi) is 3.77. The zero-order chi connectivity index (χ0) is 12.3. The Balaban J connectivity index is 2.17. The van der Waals surface area contributed by atoms with Gasteiger partial charge in [0, 0.05) is 24.8 Å². The van der Waals surface area contributed by atoms with Crippen LogP contribution in [0.2, 0.25) is 0 Å². The molecule has 1 aromatic rings. The van der Waals surface area contributed by atoms with Crippen LogP contribution in [0.1, 0.15) is 26.7 Å². The molecule has 0 aliphatic carbocycles. The highest BCUT2D eigenvalue weighted by Gasteiger charge is 2.16. The molecule has 3 heteroatoms. The van der Waals surface area contributed by atoms with E-state index in [0.717, 1.165) is 31.1 Å². The lowest BCUT2D eigenvalue weighted by molar-refractivity contribution is 0.271. The number of nitrogens with two attached hydrogens (primary N) is 1. The minimum absolute atomic E-state index is 0.530. The summed E-state index contributed by atoms with van der Waals surface area (Å²) in [6.07, 6.45) is 2.54. The van der Waals surface area contributed by atoms with Crippen molar-refractivity contribution in [2.45, 2.75) is 26.7 Å². The van der Waals surface area contributed by atoms with Crippen LogP contribution in [-0.2, 0) is 0 Å². The van der Waals surface area contributed by atoms with Crippen molar-refractivity contribution in [3.05, 3.63) is 18.2 Å². The second-order valence-electron chi connectivity index (χ2n) is 5.13. The van der Waals surface area contributed by atoms with Crippen LogP contribution < -0.4 is 15.4 Å². The van der Waals surface area contributed by atoms with Crippen molar-refractivity contribution in [2.24, 2.45) is 5.92 Å². The second-order valence-corrected chi connectivity index (χ2v) is 5.13. The molecule has 1 saturated heterocycles. The van der Waals surface area contributed by atoms with Crippen LogP contribution in [0.3, 0.4) is 0 Å². The molecule has 2 N–H and O–H groups in total. The maximum Gasteiger partial charge on any atom is 0.144 e. The van der Waals surface area contributed by atoms with E-state index in [-0.39, 0.29) is 0 Å². The fourth-order valence-corrected chi connectivity index (χ4v) is 2.12. The predicted molar refractivity (Wildman–Crippen MR) is 72.6 cm³/mol. The molecule has 0 radical (unpaired) electrons. The standard InChI is InChI=1S/C14H22N2O/c1-11(2)10-17-14-9-12(15)5-6-13(14)16-7-3-4-8-16/h5-6,9,11H,3-4,7-8,10,15H2,1-2H3. The molecule has 3 nitrogen and oxygen atoms in total. The van der Waals surface area contributed by atoms with E-state index >= 15 is 0 Å². The Labute approximate surface area is 104 Å². The molecule has 0 saturated carbocycles. The Hall–Kier alpha value is -1.38. The first-order chi connectivity index (χ1) is 8.16. The van der Waals surface area contributed by atoms with Gasteiger partial charge in [0.25, 0.3) is 0 Å². The molecular weight excluding hydrogens is 212 g/mol. The van der Waals surface area contributed by atoms with Gasteiger partial charge in [0.15, 0.2) is 0 Å². The number of hydrogen-bond acceptors (Lipinski definition) is 3. The van der Waals surface area contributed by atoms with Gasteiger partial charge >= 0.3 is 0 Å². The summed E-state index contributed by atoms with van der Waals surface area (Å²) in [6.45, 7) is 7.30. The molecule has 17 heavy (non-hydrogen) atoms. The quantitative estimate of drug-likeness (QED) is 0.814. The topological polar surface area (TPSA) is 38.5 Å². The molecule has 1 aromatic carbocycles. The number of nitrogens with zero attached hydrogens (tertiary/aromatic N) is 1. The molecule has 0 spiro atoms. The van der Waals surface area contributed by atoms with Gasteiger partial charge in [-0.1, -0.05) is 13.8 Å². The van der Waals surface area contributed by atoms with E-state index in [1.807, 2.05) is 12.1 Å². The van der Waals surface area contributed by atoms with Gasteiger partial charge in [0.1, 0.15) is 5.75 Å². The third kappa shape index (κ3) is 3.05. The summed E-state index contributed by atoms with van der Waals surface area (Å²) in [6, 6.07) is 5.97. The summed E-state index contributed by atoms with van der Waals surface area (Å²) in [7, 11) is 0. The molecule has 1 fully saturated rings. The van der Waals surface area contributed by atoms with Crippen LogP contribution >= 0.6 is 0 Å². The number of hydrogen-bond donors (Lipinski definition) is 1. The number of rotatable bonds is 4. The monoisotopic (exact) mass is 234 g/mol. The average Bonchev–Trinajstić information content (AvgIpc) is 2.80. The van der Waals surface area contributed by atoms with Crippen molar-refractivity contribution in [3.8, 4) is 5.75 Å². The molecule has 1 aliphatic rings. The van der Waals surface area contributed by atoms with Crippen molar-refractivity contribution in [2.75, 3.05) is 30.3 Å². The van der Waals surface area contributed by atoms with Gasteiger partial charge in [-0.25, -0.2) is 0 Å². The predicted octanol–water partition coefficient (Wildman–Crippen LogP) is 2.90. The van der Waals surface area contributed by atoms with Gasteiger partial charge in [-0.2, -0.15) is 0 Å². The van der Waals surface area contributed by atoms with E-state index in [0.29, 0.717) is 5.92 Å². The number of anilines is 2. The highest BCUT2D eigenvalue weighted by molar-refractivity contribution is 5.64. The molecule has 0 amide bonds. The lowest BCUT2D eigenvalue weighted by atomic mass is 10.2. The maximum absolute atomic E-state index is 5.87. The average molecular weight is 234 g/mol. The molecule has 0 atom stereocenters. The minimum Gasteiger partial charge on any atom is -0.491 e. The Bertz CT molecular complexity index is 370. The summed E-state index contributed by atoms with van der Waals surface area (Å²) in [4.78, 5) is 2.38. The van der Waals surface area contributed by atoms with Gasteiger partial charge in [0.05, 0.1) is 12.3 Å². The number of ether oxygens (including phenoxy) is 1. The number of nitrogen functional groups attached to an aromatic ring is 1. The molecular formula is C14H22N2O. The van der Waals surface area contributed by atoms with Gasteiger partial charge in [0.2, 0.25) is 0 Å². The summed E-state index contributed by atoms with van der Waals surface area (Å²) in [5, 5.41) is 0. The highest BCUT2D eigenvalue weighted by atomic mass is 16.5. The number of benzene rings is 1. The van der Waals surface area contributed by atoms with E-state index < -0.39 is 0 Å². The maximum atomic E-state index is 5.87. The largest absolute Gasteiger partial charge is 0.491 e. The first-order valence-corrected chi connectivity index (χ1v) is 6.44. The lowest BCUT2D eigenvalue weighted by Crippen LogP contribution is -2.19. The lowest BCUT2D eigenvalue weighted by Gasteiger charge is -2.22. The third-order valence-electron chi connectivity index (χ3n) is 3.00. The van der Waals surface area contributed by atoms with Crippen LogP contribution in [0.25, 0.3) is 0 Å². The molecule has 2 rings (SSSR count). The minimum atomic E-state index is 0.530. The van der Waals surface area contributed by atoms with Crippen molar-refractivity contribution < 1.29 is 4.74 Å². The van der Waals surface area contributed by atoms with Crippen molar-refractivity contribution in [1.29, 1.82) is 0 Å².